The van der Waals surface area contributed by atoms with Crippen molar-refractivity contribution in [1.82, 2.24) is 5.32 Å². The summed E-state index contributed by atoms with van der Waals surface area (Å²) in [5.74, 6) is 0.538. The lowest BCUT2D eigenvalue weighted by molar-refractivity contribution is -0.0493. The van der Waals surface area contributed by atoms with Crippen LogP contribution in [0.2, 0.25) is 0 Å². The van der Waals surface area contributed by atoms with Gasteiger partial charge in [0.15, 0.2) is 0 Å². The molecular formula is C17H24F2N2O. The van der Waals surface area contributed by atoms with Gasteiger partial charge in [0.25, 0.3) is 0 Å². The molecule has 1 heterocycles. The van der Waals surface area contributed by atoms with Crippen LogP contribution in [0.4, 0.5) is 14.5 Å². The summed E-state index contributed by atoms with van der Waals surface area (Å²) in [5, 5.41) is 3.43. The molecule has 2 fully saturated rings. The first-order chi connectivity index (χ1) is 10.6. The normalized spacial score (nSPS) is 22.1. The Balaban J connectivity index is 1.68. The molecule has 0 bridgehead atoms. The van der Waals surface area contributed by atoms with Crippen LogP contribution in [-0.4, -0.2) is 19.7 Å². The van der Waals surface area contributed by atoms with Gasteiger partial charge >= 0.3 is 6.61 Å². The highest BCUT2D eigenvalue weighted by Crippen LogP contribution is 2.48. The number of alkyl halides is 2. The second kappa shape index (κ2) is 6.41. The third-order valence-corrected chi connectivity index (χ3v) is 5.44. The predicted molar refractivity (Wildman–Crippen MR) is 83.2 cm³/mol. The minimum Gasteiger partial charge on any atom is -0.433 e. The number of ether oxygens (including phenoxy) is 1. The van der Waals surface area contributed by atoms with Gasteiger partial charge in [0.2, 0.25) is 0 Å². The molecule has 0 unspecified atom stereocenters. The first-order valence-corrected chi connectivity index (χ1v) is 8.13. The smallest absolute Gasteiger partial charge is 0.387 e. The number of nitrogens with two attached hydrogens (primary N) is 1. The Morgan fingerprint density at radius 3 is 2.45 bits per heavy atom. The van der Waals surface area contributed by atoms with E-state index in [9.17, 15) is 8.78 Å². The average Bonchev–Trinajstić information content (AvgIpc) is 2.51. The van der Waals surface area contributed by atoms with E-state index >= 15 is 0 Å². The van der Waals surface area contributed by atoms with Crippen molar-refractivity contribution in [3.05, 3.63) is 23.8 Å². The van der Waals surface area contributed by atoms with Gasteiger partial charge in [-0.15, -0.1) is 0 Å². The maximum absolute atomic E-state index is 12.4. The Bertz CT molecular complexity index is 505. The van der Waals surface area contributed by atoms with Crippen LogP contribution >= 0.6 is 0 Å². The lowest BCUT2D eigenvalue weighted by atomic mass is 9.65. The van der Waals surface area contributed by atoms with Crippen molar-refractivity contribution in [3.63, 3.8) is 0 Å². The minimum atomic E-state index is -2.83. The summed E-state index contributed by atoms with van der Waals surface area (Å²) in [5.41, 5.74) is 7.58. The van der Waals surface area contributed by atoms with Crippen molar-refractivity contribution in [2.75, 3.05) is 18.8 Å². The maximum Gasteiger partial charge on any atom is 0.387 e. The fourth-order valence-electron chi connectivity index (χ4n) is 4.02. The number of hydrogen-bond donors (Lipinski definition) is 2. The van der Waals surface area contributed by atoms with Crippen LogP contribution in [0.5, 0.6) is 5.75 Å². The van der Waals surface area contributed by atoms with Gasteiger partial charge < -0.3 is 15.8 Å². The molecule has 2 aliphatic rings. The molecule has 1 aromatic carbocycles. The molecule has 5 heteroatoms. The largest absolute Gasteiger partial charge is 0.433 e. The molecule has 0 aromatic heterocycles. The standard InChI is InChI=1S/C17H24F2N2O/c18-16(19)22-15-11-13(1-2-14(15)20)12-3-5-17(6-4-12)7-9-21-10-8-17/h1-2,11-12,16,21H,3-10,20H2. The molecular weight excluding hydrogens is 286 g/mol. The van der Waals surface area contributed by atoms with Gasteiger partial charge in [0.1, 0.15) is 5.75 Å². The molecule has 3 nitrogen and oxygen atoms in total. The Labute approximate surface area is 130 Å². The van der Waals surface area contributed by atoms with Gasteiger partial charge in [-0.25, -0.2) is 0 Å². The molecule has 22 heavy (non-hydrogen) atoms. The zero-order chi connectivity index (χ0) is 15.6. The fraction of sp³-hybridized carbons (Fsp3) is 0.647. The van der Waals surface area contributed by atoms with E-state index in [1.54, 1.807) is 12.1 Å². The third-order valence-electron chi connectivity index (χ3n) is 5.44. The highest BCUT2D eigenvalue weighted by molar-refractivity contribution is 5.54. The topological polar surface area (TPSA) is 47.3 Å². The van der Waals surface area contributed by atoms with Crippen LogP contribution < -0.4 is 15.8 Å². The average molecular weight is 310 g/mol. The van der Waals surface area contributed by atoms with Crippen LogP contribution in [0.3, 0.4) is 0 Å². The zero-order valence-electron chi connectivity index (χ0n) is 12.8. The van der Waals surface area contributed by atoms with Gasteiger partial charge in [-0.1, -0.05) is 6.07 Å². The molecule has 0 amide bonds. The van der Waals surface area contributed by atoms with Gasteiger partial charge in [0, 0.05) is 0 Å². The monoisotopic (exact) mass is 310 g/mol. The number of anilines is 1. The molecule has 1 aliphatic carbocycles. The Morgan fingerprint density at radius 1 is 1.14 bits per heavy atom. The van der Waals surface area contributed by atoms with Crippen molar-refractivity contribution >= 4 is 5.69 Å². The third kappa shape index (κ3) is 3.35. The highest BCUT2D eigenvalue weighted by Gasteiger charge is 2.36. The van der Waals surface area contributed by atoms with Crippen molar-refractivity contribution in [2.45, 2.75) is 51.1 Å². The highest BCUT2D eigenvalue weighted by atomic mass is 19.3. The van der Waals surface area contributed by atoms with Crippen LogP contribution in [-0.2, 0) is 0 Å². The number of benzene rings is 1. The summed E-state index contributed by atoms with van der Waals surface area (Å²) in [6.07, 6.45) is 7.24. The van der Waals surface area contributed by atoms with Crippen LogP contribution in [0.15, 0.2) is 18.2 Å². The van der Waals surface area contributed by atoms with Crippen LogP contribution in [0.1, 0.15) is 50.0 Å². The summed E-state index contributed by atoms with van der Waals surface area (Å²) >= 11 is 0. The van der Waals surface area contributed by atoms with Crippen LogP contribution in [0.25, 0.3) is 0 Å². The lowest BCUT2D eigenvalue weighted by Gasteiger charge is -2.43. The number of piperidine rings is 1. The summed E-state index contributed by atoms with van der Waals surface area (Å²) in [4.78, 5) is 0. The quantitative estimate of drug-likeness (QED) is 0.833. The van der Waals surface area contributed by atoms with E-state index in [-0.39, 0.29) is 11.4 Å². The van der Waals surface area contributed by atoms with Gasteiger partial charge in [-0.3, -0.25) is 0 Å². The van der Waals surface area contributed by atoms with E-state index in [0.29, 0.717) is 11.3 Å². The van der Waals surface area contributed by atoms with E-state index in [0.717, 1.165) is 31.5 Å². The second-order valence-electron chi connectivity index (χ2n) is 6.70. The molecule has 1 aromatic rings. The molecule has 1 spiro atoms. The van der Waals surface area contributed by atoms with Gasteiger partial charge in [-0.05, 0) is 80.6 Å². The summed E-state index contributed by atoms with van der Waals surface area (Å²) in [6.45, 7) is -0.584. The van der Waals surface area contributed by atoms with E-state index in [2.05, 4.69) is 10.1 Å². The molecule has 0 atom stereocenters. The summed E-state index contributed by atoms with van der Waals surface area (Å²) < 4.78 is 29.4. The number of halogens is 2. The van der Waals surface area contributed by atoms with Crippen molar-refractivity contribution in [3.8, 4) is 5.75 Å². The Hall–Kier alpha value is -1.36. The SMILES string of the molecule is Nc1ccc(C2CCC3(CCNCC3)CC2)cc1OC(F)F. The molecule has 0 radical (unpaired) electrons. The fourth-order valence-corrected chi connectivity index (χ4v) is 4.02. The number of rotatable bonds is 3. The second-order valence-corrected chi connectivity index (χ2v) is 6.70. The van der Waals surface area contributed by atoms with Crippen molar-refractivity contribution < 1.29 is 13.5 Å². The van der Waals surface area contributed by atoms with Gasteiger partial charge in [-0.2, -0.15) is 8.78 Å². The molecule has 1 saturated carbocycles. The minimum absolute atomic E-state index is 0.106. The predicted octanol–water partition coefficient (Wildman–Crippen LogP) is 3.90. The van der Waals surface area contributed by atoms with E-state index < -0.39 is 6.61 Å². The number of hydrogen-bond acceptors (Lipinski definition) is 3. The van der Waals surface area contributed by atoms with E-state index in [4.69, 9.17) is 5.73 Å². The maximum atomic E-state index is 12.4. The summed E-state index contributed by atoms with van der Waals surface area (Å²) in [6, 6.07) is 5.34. The number of nitrogen functional groups attached to an aromatic ring is 1. The lowest BCUT2D eigenvalue weighted by Crippen LogP contribution is -2.38. The summed E-state index contributed by atoms with van der Waals surface area (Å²) in [7, 11) is 0. The molecule has 1 saturated heterocycles. The number of nitrogens with one attached hydrogen (secondary N) is 1. The van der Waals surface area contributed by atoms with Crippen molar-refractivity contribution in [1.29, 1.82) is 0 Å². The van der Waals surface area contributed by atoms with Crippen molar-refractivity contribution in [2.24, 2.45) is 5.41 Å². The Kier molecular flexibility index (Phi) is 4.52. The van der Waals surface area contributed by atoms with E-state index in [1.807, 2.05) is 6.07 Å². The molecule has 3 rings (SSSR count). The molecule has 122 valence electrons. The molecule has 1 aliphatic heterocycles. The molecule has 3 N–H and O–H groups in total. The van der Waals surface area contributed by atoms with Crippen LogP contribution in [0, 0.1) is 5.41 Å². The zero-order valence-corrected chi connectivity index (χ0v) is 12.8. The first kappa shape index (κ1) is 15.5. The Morgan fingerprint density at radius 2 is 1.82 bits per heavy atom. The van der Waals surface area contributed by atoms with Gasteiger partial charge in [0.05, 0.1) is 5.69 Å². The first-order valence-electron chi connectivity index (χ1n) is 8.13. The van der Waals surface area contributed by atoms with E-state index in [1.165, 1.54) is 25.7 Å².